The van der Waals surface area contributed by atoms with Gasteiger partial charge in [-0.1, -0.05) is 42.0 Å². The van der Waals surface area contributed by atoms with Gasteiger partial charge < -0.3 is 10.4 Å². The summed E-state index contributed by atoms with van der Waals surface area (Å²) in [5.74, 6) is 0.357. The van der Waals surface area contributed by atoms with E-state index in [0.717, 1.165) is 11.1 Å². The highest BCUT2D eigenvalue weighted by Gasteiger charge is 2.08. The number of rotatable bonds is 4. The molecule has 2 aromatic carbocycles. The van der Waals surface area contributed by atoms with Gasteiger partial charge in [-0.2, -0.15) is 0 Å². The van der Waals surface area contributed by atoms with Crippen molar-refractivity contribution in [1.82, 2.24) is 5.32 Å². The van der Waals surface area contributed by atoms with Crippen LogP contribution in [0.2, 0.25) is 0 Å². The van der Waals surface area contributed by atoms with Crippen molar-refractivity contribution in [3.8, 4) is 5.75 Å². The van der Waals surface area contributed by atoms with E-state index >= 15 is 0 Å². The van der Waals surface area contributed by atoms with Crippen LogP contribution in [0.4, 0.5) is 0 Å². The Morgan fingerprint density at radius 2 is 1.84 bits per heavy atom. The Labute approximate surface area is 115 Å². The van der Waals surface area contributed by atoms with Gasteiger partial charge >= 0.3 is 0 Å². The quantitative estimate of drug-likeness (QED) is 0.869. The Morgan fingerprint density at radius 1 is 1.11 bits per heavy atom. The number of phenols is 1. The van der Waals surface area contributed by atoms with Crippen molar-refractivity contribution in [1.29, 1.82) is 0 Å². The minimum absolute atomic E-state index is 0.265. The molecule has 2 aromatic rings. The van der Waals surface area contributed by atoms with Gasteiger partial charge in [0.1, 0.15) is 5.75 Å². The number of nitrogens with one attached hydrogen (secondary N) is 1. The van der Waals surface area contributed by atoms with E-state index in [0.29, 0.717) is 12.3 Å². The minimum Gasteiger partial charge on any atom is -0.508 e. The molecule has 2 rings (SSSR count). The van der Waals surface area contributed by atoms with Gasteiger partial charge in [-0.25, -0.2) is 0 Å². The molecule has 2 N–H and O–H groups in total. The summed E-state index contributed by atoms with van der Waals surface area (Å²) >= 11 is 0. The predicted molar refractivity (Wildman–Crippen MR) is 79.3 cm³/mol. The van der Waals surface area contributed by atoms with Crippen molar-refractivity contribution in [2.24, 2.45) is 0 Å². The third kappa shape index (κ3) is 3.36. The minimum atomic E-state index is 0.265. The van der Waals surface area contributed by atoms with E-state index in [4.69, 9.17) is 0 Å². The lowest BCUT2D eigenvalue weighted by atomic mass is 10.0. The monoisotopic (exact) mass is 255 g/mol. The van der Waals surface area contributed by atoms with Crippen molar-refractivity contribution >= 4 is 0 Å². The zero-order valence-electron chi connectivity index (χ0n) is 11.8. The molecular formula is C17H21NO. The highest BCUT2D eigenvalue weighted by atomic mass is 16.3. The molecule has 0 fully saturated rings. The molecule has 100 valence electrons. The zero-order chi connectivity index (χ0) is 13.8. The second-order valence-corrected chi connectivity index (χ2v) is 5.09. The smallest absolute Gasteiger partial charge is 0.120 e. The van der Waals surface area contributed by atoms with Gasteiger partial charge in [-0.3, -0.25) is 0 Å². The first-order chi connectivity index (χ1) is 9.08. The van der Waals surface area contributed by atoms with E-state index in [9.17, 15) is 5.11 Å². The number of aryl methyl sites for hydroxylation is 2. The third-order valence-electron chi connectivity index (χ3n) is 3.49. The van der Waals surface area contributed by atoms with Crippen LogP contribution in [-0.4, -0.2) is 5.11 Å². The first-order valence-electron chi connectivity index (χ1n) is 6.65. The van der Waals surface area contributed by atoms with Crippen LogP contribution in [0.3, 0.4) is 0 Å². The first-order valence-corrected chi connectivity index (χ1v) is 6.65. The number of hydrogen-bond acceptors (Lipinski definition) is 2. The van der Waals surface area contributed by atoms with Crippen LogP contribution in [-0.2, 0) is 6.54 Å². The Kier molecular flexibility index (Phi) is 4.23. The van der Waals surface area contributed by atoms with E-state index < -0.39 is 0 Å². The summed E-state index contributed by atoms with van der Waals surface area (Å²) in [7, 11) is 0. The molecular weight excluding hydrogens is 234 g/mol. The van der Waals surface area contributed by atoms with Gasteiger partial charge in [0.15, 0.2) is 0 Å². The standard InChI is InChI=1S/C17H21NO/c1-12-8-9-17(19)15(10-12)11-18-14(3)16-7-5-4-6-13(16)2/h4-10,14,18-19H,11H2,1-3H3/t14-/m0/s1. The maximum absolute atomic E-state index is 9.83. The number of aromatic hydroxyl groups is 1. The molecule has 0 aliphatic carbocycles. The first kappa shape index (κ1) is 13.6. The predicted octanol–water partition coefficient (Wildman–Crippen LogP) is 3.86. The molecule has 0 aliphatic heterocycles. The molecule has 0 aliphatic rings. The van der Waals surface area contributed by atoms with E-state index in [1.54, 1.807) is 6.07 Å². The second kappa shape index (κ2) is 5.89. The largest absolute Gasteiger partial charge is 0.508 e. The molecule has 0 spiro atoms. The fourth-order valence-corrected chi connectivity index (χ4v) is 2.30. The summed E-state index contributed by atoms with van der Waals surface area (Å²) in [5.41, 5.74) is 4.70. The number of phenolic OH excluding ortho intramolecular Hbond substituents is 1. The van der Waals surface area contributed by atoms with Gasteiger partial charge in [-0.05, 0) is 38.0 Å². The van der Waals surface area contributed by atoms with Crippen LogP contribution < -0.4 is 5.32 Å². The summed E-state index contributed by atoms with van der Waals surface area (Å²) in [6.07, 6.45) is 0. The van der Waals surface area contributed by atoms with Crippen LogP contribution in [0, 0.1) is 13.8 Å². The van der Waals surface area contributed by atoms with Crippen LogP contribution in [0.15, 0.2) is 42.5 Å². The molecule has 0 aromatic heterocycles. The Morgan fingerprint density at radius 3 is 2.58 bits per heavy atom. The molecule has 0 saturated heterocycles. The second-order valence-electron chi connectivity index (χ2n) is 5.09. The maximum Gasteiger partial charge on any atom is 0.120 e. The Balaban J connectivity index is 2.06. The Bertz CT molecular complexity index is 563. The summed E-state index contributed by atoms with van der Waals surface area (Å²) in [5, 5.41) is 13.3. The highest BCUT2D eigenvalue weighted by Crippen LogP contribution is 2.21. The lowest BCUT2D eigenvalue weighted by Gasteiger charge is -2.17. The van der Waals surface area contributed by atoms with Crippen molar-refractivity contribution in [2.75, 3.05) is 0 Å². The van der Waals surface area contributed by atoms with Gasteiger partial charge in [0.25, 0.3) is 0 Å². The van der Waals surface area contributed by atoms with Gasteiger partial charge in [0, 0.05) is 18.2 Å². The number of hydrogen-bond donors (Lipinski definition) is 2. The van der Waals surface area contributed by atoms with Crippen molar-refractivity contribution in [3.63, 3.8) is 0 Å². The molecule has 1 atom stereocenters. The molecule has 0 saturated carbocycles. The van der Waals surface area contributed by atoms with Crippen LogP contribution in [0.25, 0.3) is 0 Å². The van der Waals surface area contributed by atoms with E-state index in [1.807, 2.05) is 19.1 Å². The average Bonchev–Trinajstić information content (AvgIpc) is 2.40. The summed E-state index contributed by atoms with van der Waals surface area (Å²) in [6, 6.07) is 14.3. The van der Waals surface area contributed by atoms with Crippen molar-refractivity contribution in [2.45, 2.75) is 33.4 Å². The maximum atomic E-state index is 9.83. The van der Waals surface area contributed by atoms with Crippen LogP contribution in [0.1, 0.15) is 35.2 Å². The van der Waals surface area contributed by atoms with Gasteiger partial charge in [0.2, 0.25) is 0 Å². The summed E-state index contributed by atoms with van der Waals surface area (Å²) in [4.78, 5) is 0. The molecule has 19 heavy (non-hydrogen) atoms. The van der Waals surface area contributed by atoms with E-state index in [2.05, 4.69) is 43.4 Å². The lowest BCUT2D eigenvalue weighted by Crippen LogP contribution is -2.19. The fraction of sp³-hybridized carbons (Fsp3) is 0.294. The van der Waals surface area contributed by atoms with E-state index in [1.165, 1.54) is 11.1 Å². The lowest BCUT2D eigenvalue weighted by molar-refractivity contribution is 0.460. The van der Waals surface area contributed by atoms with Crippen LogP contribution >= 0.6 is 0 Å². The SMILES string of the molecule is Cc1ccc(O)c(CN[C@@H](C)c2ccccc2C)c1. The van der Waals surface area contributed by atoms with Gasteiger partial charge in [0.05, 0.1) is 0 Å². The van der Waals surface area contributed by atoms with Crippen molar-refractivity contribution < 1.29 is 5.11 Å². The summed E-state index contributed by atoms with van der Waals surface area (Å²) in [6.45, 7) is 6.98. The molecule has 0 radical (unpaired) electrons. The topological polar surface area (TPSA) is 32.3 Å². The average molecular weight is 255 g/mol. The molecule has 0 unspecified atom stereocenters. The molecule has 2 nitrogen and oxygen atoms in total. The molecule has 0 bridgehead atoms. The van der Waals surface area contributed by atoms with Gasteiger partial charge in [-0.15, -0.1) is 0 Å². The number of benzene rings is 2. The molecule has 0 amide bonds. The normalized spacial score (nSPS) is 12.4. The van der Waals surface area contributed by atoms with E-state index in [-0.39, 0.29) is 6.04 Å². The van der Waals surface area contributed by atoms with Crippen LogP contribution in [0.5, 0.6) is 5.75 Å². The highest BCUT2D eigenvalue weighted by molar-refractivity contribution is 5.36. The summed E-state index contributed by atoms with van der Waals surface area (Å²) < 4.78 is 0. The fourth-order valence-electron chi connectivity index (χ4n) is 2.30. The van der Waals surface area contributed by atoms with Crippen molar-refractivity contribution in [3.05, 3.63) is 64.7 Å². The zero-order valence-corrected chi connectivity index (χ0v) is 11.8. The molecule has 2 heteroatoms. The Hall–Kier alpha value is -1.80. The third-order valence-corrected chi connectivity index (χ3v) is 3.49. The molecule has 0 heterocycles.